The summed E-state index contributed by atoms with van der Waals surface area (Å²) in [4.78, 5) is 22.5. The molecule has 1 aromatic carbocycles. The van der Waals surface area contributed by atoms with E-state index >= 15 is 0 Å². The van der Waals surface area contributed by atoms with Crippen LogP contribution in [0.2, 0.25) is 0 Å². The Bertz CT molecular complexity index is 389. The smallest absolute Gasteiger partial charge is 0.348 e. The summed E-state index contributed by atoms with van der Waals surface area (Å²) in [5.74, 6) is -2.03. The van der Waals surface area contributed by atoms with Gasteiger partial charge in [0.05, 0.1) is 6.61 Å². The van der Waals surface area contributed by atoms with E-state index in [0.717, 1.165) is 4.47 Å². The molecule has 1 unspecified atom stereocenters. The number of rotatable bonds is 4. The lowest BCUT2D eigenvalue weighted by Crippen LogP contribution is -2.27. The fourth-order valence-corrected chi connectivity index (χ4v) is 1.35. The van der Waals surface area contributed by atoms with E-state index in [2.05, 4.69) is 20.7 Å². The Labute approximate surface area is 101 Å². The summed E-state index contributed by atoms with van der Waals surface area (Å²) in [5.41, 5.74) is 0.142. The zero-order valence-corrected chi connectivity index (χ0v) is 10.2. The lowest BCUT2D eigenvalue weighted by molar-refractivity contribution is -0.147. The van der Waals surface area contributed by atoms with E-state index in [4.69, 9.17) is 0 Å². The van der Waals surface area contributed by atoms with E-state index in [-0.39, 0.29) is 12.2 Å². The number of hydrogen-bond acceptors (Lipinski definition) is 3. The maximum atomic E-state index is 13.3. The minimum atomic E-state index is -2.25. The predicted molar refractivity (Wildman–Crippen MR) is 60.0 cm³/mol. The van der Waals surface area contributed by atoms with Gasteiger partial charge in [0.15, 0.2) is 0 Å². The average molecular weight is 289 g/mol. The number of carbonyl (C=O) groups is 2. The van der Waals surface area contributed by atoms with Crippen molar-refractivity contribution in [1.82, 2.24) is 0 Å². The van der Waals surface area contributed by atoms with Gasteiger partial charge in [0.1, 0.15) is 0 Å². The summed E-state index contributed by atoms with van der Waals surface area (Å²) in [6.07, 6.45) is -2.25. The third-order valence-electron chi connectivity index (χ3n) is 1.85. The Morgan fingerprint density at radius 3 is 2.44 bits per heavy atom. The Hall–Kier alpha value is -1.23. The van der Waals surface area contributed by atoms with Crippen molar-refractivity contribution in [2.24, 2.45) is 0 Å². The SMILES string of the molecule is CCOC(=O)C(F)C(=O)c1ccc(Br)cc1. The molecule has 1 aromatic rings. The number of halogens is 2. The number of carbonyl (C=O) groups excluding carboxylic acids is 2. The highest BCUT2D eigenvalue weighted by Gasteiger charge is 2.28. The van der Waals surface area contributed by atoms with Gasteiger partial charge in [-0.1, -0.05) is 28.1 Å². The number of alkyl halides is 1. The van der Waals surface area contributed by atoms with Crippen LogP contribution in [0.25, 0.3) is 0 Å². The molecule has 86 valence electrons. The largest absolute Gasteiger partial charge is 0.463 e. The molecule has 1 atom stereocenters. The van der Waals surface area contributed by atoms with Crippen molar-refractivity contribution in [2.75, 3.05) is 6.61 Å². The Morgan fingerprint density at radius 1 is 1.38 bits per heavy atom. The van der Waals surface area contributed by atoms with Crippen molar-refractivity contribution in [3.05, 3.63) is 34.3 Å². The molecule has 5 heteroatoms. The first-order chi connectivity index (χ1) is 7.56. The van der Waals surface area contributed by atoms with E-state index in [1.807, 2.05) is 0 Å². The second kappa shape index (κ2) is 5.75. The van der Waals surface area contributed by atoms with Crippen molar-refractivity contribution in [3.63, 3.8) is 0 Å². The molecule has 1 rings (SSSR count). The number of hydrogen-bond donors (Lipinski definition) is 0. The van der Waals surface area contributed by atoms with Gasteiger partial charge in [-0.3, -0.25) is 4.79 Å². The summed E-state index contributed by atoms with van der Waals surface area (Å²) < 4.78 is 18.5. The van der Waals surface area contributed by atoms with Crippen LogP contribution in [0.1, 0.15) is 17.3 Å². The number of esters is 1. The summed E-state index contributed by atoms with van der Waals surface area (Å²) in [5, 5.41) is 0. The first-order valence-corrected chi connectivity index (χ1v) is 5.46. The number of ether oxygens (including phenoxy) is 1. The van der Waals surface area contributed by atoms with E-state index in [1.165, 1.54) is 12.1 Å². The fourth-order valence-electron chi connectivity index (χ4n) is 1.08. The van der Waals surface area contributed by atoms with Gasteiger partial charge in [-0.25, -0.2) is 9.18 Å². The highest BCUT2D eigenvalue weighted by Crippen LogP contribution is 2.13. The van der Waals surface area contributed by atoms with Crippen LogP contribution in [-0.2, 0) is 9.53 Å². The molecule has 0 saturated heterocycles. The molecule has 16 heavy (non-hydrogen) atoms. The van der Waals surface area contributed by atoms with Crippen molar-refractivity contribution in [3.8, 4) is 0 Å². The third kappa shape index (κ3) is 3.13. The zero-order chi connectivity index (χ0) is 12.1. The van der Waals surface area contributed by atoms with Gasteiger partial charge in [-0.15, -0.1) is 0 Å². The number of ketones is 1. The van der Waals surface area contributed by atoms with E-state index in [1.54, 1.807) is 19.1 Å². The normalized spacial score (nSPS) is 11.9. The molecule has 0 spiro atoms. The van der Waals surface area contributed by atoms with Crippen LogP contribution in [0, 0.1) is 0 Å². The average Bonchev–Trinajstić information content (AvgIpc) is 2.28. The molecule has 0 aliphatic carbocycles. The van der Waals surface area contributed by atoms with Crippen LogP contribution in [0.4, 0.5) is 4.39 Å². The first kappa shape index (κ1) is 12.8. The minimum Gasteiger partial charge on any atom is -0.463 e. The molecule has 0 aromatic heterocycles. The molecule has 0 amide bonds. The molecule has 0 aliphatic heterocycles. The van der Waals surface area contributed by atoms with Crippen LogP contribution in [-0.4, -0.2) is 24.5 Å². The van der Waals surface area contributed by atoms with Crippen LogP contribution >= 0.6 is 15.9 Å². The highest BCUT2D eigenvalue weighted by molar-refractivity contribution is 9.10. The van der Waals surface area contributed by atoms with Crippen LogP contribution in [0.3, 0.4) is 0 Å². The monoisotopic (exact) mass is 288 g/mol. The van der Waals surface area contributed by atoms with E-state index < -0.39 is 17.9 Å². The molecule has 0 fully saturated rings. The third-order valence-corrected chi connectivity index (χ3v) is 2.38. The summed E-state index contributed by atoms with van der Waals surface area (Å²) >= 11 is 3.19. The zero-order valence-electron chi connectivity index (χ0n) is 8.57. The second-order valence-corrected chi connectivity index (χ2v) is 3.90. The van der Waals surface area contributed by atoms with Gasteiger partial charge in [-0.05, 0) is 19.1 Å². The summed E-state index contributed by atoms with van der Waals surface area (Å²) in [6, 6.07) is 6.09. The number of Topliss-reactive ketones (excluding diaryl/α,β-unsaturated/α-hetero) is 1. The Balaban J connectivity index is 2.78. The lowest BCUT2D eigenvalue weighted by atomic mass is 10.1. The van der Waals surface area contributed by atoms with Gasteiger partial charge < -0.3 is 4.74 Å². The first-order valence-electron chi connectivity index (χ1n) is 4.66. The maximum Gasteiger partial charge on any atom is 0.348 e. The van der Waals surface area contributed by atoms with E-state index in [0.29, 0.717) is 0 Å². The van der Waals surface area contributed by atoms with Gasteiger partial charge in [0.25, 0.3) is 6.17 Å². The van der Waals surface area contributed by atoms with E-state index in [9.17, 15) is 14.0 Å². The topological polar surface area (TPSA) is 43.4 Å². The maximum absolute atomic E-state index is 13.3. The molecule has 0 bridgehead atoms. The van der Waals surface area contributed by atoms with Crippen molar-refractivity contribution < 1.29 is 18.7 Å². The second-order valence-electron chi connectivity index (χ2n) is 2.99. The molecule has 0 N–H and O–H groups in total. The molecule has 0 heterocycles. The van der Waals surface area contributed by atoms with Gasteiger partial charge in [0.2, 0.25) is 5.78 Å². The predicted octanol–water partition coefficient (Wildman–Crippen LogP) is 2.53. The summed E-state index contributed by atoms with van der Waals surface area (Å²) in [7, 11) is 0. The van der Waals surface area contributed by atoms with Gasteiger partial charge >= 0.3 is 5.97 Å². The van der Waals surface area contributed by atoms with Crippen molar-refractivity contribution in [1.29, 1.82) is 0 Å². The molecule has 0 aliphatic rings. The van der Waals surface area contributed by atoms with Gasteiger partial charge in [0, 0.05) is 10.0 Å². The molecule has 0 saturated carbocycles. The summed E-state index contributed by atoms with van der Waals surface area (Å²) in [6.45, 7) is 1.60. The van der Waals surface area contributed by atoms with Crippen molar-refractivity contribution in [2.45, 2.75) is 13.1 Å². The number of benzene rings is 1. The molecule has 0 radical (unpaired) electrons. The Kier molecular flexibility index (Phi) is 4.61. The van der Waals surface area contributed by atoms with Gasteiger partial charge in [-0.2, -0.15) is 0 Å². The molecular weight excluding hydrogens is 279 g/mol. The molecular formula is C11H10BrFO3. The lowest BCUT2D eigenvalue weighted by Gasteiger charge is -2.06. The van der Waals surface area contributed by atoms with Crippen LogP contribution < -0.4 is 0 Å². The quantitative estimate of drug-likeness (QED) is 0.486. The fraction of sp³-hybridized carbons (Fsp3) is 0.273. The Morgan fingerprint density at radius 2 is 1.94 bits per heavy atom. The van der Waals surface area contributed by atoms with Crippen molar-refractivity contribution >= 4 is 27.7 Å². The standard InChI is InChI=1S/C11H10BrFO3/c1-2-16-11(15)9(13)10(14)7-3-5-8(12)6-4-7/h3-6,9H,2H2,1H3. The molecule has 3 nitrogen and oxygen atoms in total. The van der Waals surface area contributed by atoms with Crippen LogP contribution in [0.15, 0.2) is 28.7 Å². The minimum absolute atomic E-state index is 0.0485. The highest BCUT2D eigenvalue weighted by atomic mass is 79.9. The van der Waals surface area contributed by atoms with Crippen LogP contribution in [0.5, 0.6) is 0 Å².